The molecule has 1 aromatic carbocycles. The molecule has 0 aliphatic rings. The highest BCUT2D eigenvalue weighted by atomic mass is 16.4. The minimum absolute atomic E-state index is 0.102. The Hall–Kier alpha value is -1.88. The molecule has 1 rings (SSSR count). The SMILES string of the molecule is CC(N)C(C)C(=O)N(C)c1ccccc1C(=O)O. The van der Waals surface area contributed by atoms with Gasteiger partial charge in [0.2, 0.25) is 5.91 Å². The van der Waals surface area contributed by atoms with Crippen LogP contribution in [0.2, 0.25) is 0 Å². The molecule has 0 heterocycles. The van der Waals surface area contributed by atoms with Crippen molar-refractivity contribution in [1.29, 1.82) is 0 Å². The smallest absolute Gasteiger partial charge is 0.337 e. The molecule has 18 heavy (non-hydrogen) atoms. The maximum Gasteiger partial charge on any atom is 0.337 e. The highest BCUT2D eigenvalue weighted by Crippen LogP contribution is 2.21. The summed E-state index contributed by atoms with van der Waals surface area (Å²) in [4.78, 5) is 24.5. The van der Waals surface area contributed by atoms with E-state index in [-0.39, 0.29) is 23.4 Å². The summed E-state index contributed by atoms with van der Waals surface area (Å²) in [5, 5.41) is 9.08. The molecule has 0 fully saturated rings. The zero-order valence-electron chi connectivity index (χ0n) is 10.8. The van der Waals surface area contributed by atoms with Gasteiger partial charge < -0.3 is 15.7 Å². The van der Waals surface area contributed by atoms with Crippen molar-refractivity contribution in [3.8, 4) is 0 Å². The summed E-state index contributed by atoms with van der Waals surface area (Å²) in [5.41, 5.74) is 6.17. The van der Waals surface area contributed by atoms with Crippen LogP contribution < -0.4 is 10.6 Å². The number of nitrogens with zero attached hydrogens (tertiary/aromatic N) is 1. The molecule has 0 aliphatic carbocycles. The molecule has 0 saturated carbocycles. The summed E-state index contributed by atoms with van der Waals surface area (Å²) in [7, 11) is 1.56. The van der Waals surface area contributed by atoms with Crippen LogP contribution in [0.1, 0.15) is 24.2 Å². The summed E-state index contributed by atoms with van der Waals surface area (Å²) in [6, 6.07) is 6.12. The number of rotatable bonds is 4. The minimum atomic E-state index is -1.06. The van der Waals surface area contributed by atoms with E-state index in [1.807, 2.05) is 0 Å². The fourth-order valence-electron chi connectivity index (χ4n) is 1.60. The topological polar surface area (TPSA) is 83.6 Å². The predicted molar refractivity (Wildman–Crippen MR) is 69.6 cm³/mol. The predicted octanol–water partition coefficient (Wildman–Crippen LogP) is 1.33. The standard InChI is InChI=1S/C13H18N2O3/c1-8(9(2)14)12(16)15(3)11-7-5-4-6-10(11)13(17)18/h4-9H,14H2,1-3H3,(H,17,18). The molecule has 1 aromatic rings. The number of anilines is 1. The number of amides is 1. The number of benzene rings is 1. The van der Waals surface area contributed by atoms with Gasteiger partial charge in [-0.25, -0.2) is 4.79 Å². The second kappa shape index (κ2) is 5.64. The number of carboxylic acids is 1. The van der Waals surface area contributed by atoms with Crippen LogP contribution in [-0.4, -0.2) is 30.1 Å². The average molecular weight is 250 g/mol. The fraction of sp³-hybridized carbons (Fsp3) is 0.385. The molecule has 0 radical (unpaired) electrons. The Morgan fingerprint density at radius 2 is 1.83 bits per heavy atom. The Kier molecular flexibility index (Phi) is 4.44. The van der Waals surface area contributed by atoms with E-state index in [0.29, 0.717) is 5.69 Å². The molecule has 0 aromatic heterocycles. The number of hydrogen-bond acceptors (Lipinski definition) is 3. The van der Waals surface area contributed by atoms with Gasteiger partial charge in [-0.3, -0.25) is 4.79 Å². The Labute approximate surface area is 106 Å². The largest absolute Gasteiger partial charge is 0.478 e. The van der Waals surface area contributed by atoms with E-state index in [1.165, 1.54) is 11.0 Å². The summed E-state index contributed by atoms with van der Waals surface area (Å²) >= 11 is 0. The van der Waals surface area contributed by atoms with E-state index in [9.17, 15) is 9.59 Å². The van der Waals surface area contributed by atoms with Gasteiger partial charge in [-0.05, 0) is 19.1 Å². The highest BCUT2D eigenvalue weighted by molar-refractivity contribution is 6.02. The number of hydrogen-bond donors (Lipinski definition) is 2. The molecule has 3 N–H and O–H groups in total. The van der Waals surface area contributed by atoms with Crippen LogP contribution in [-0.2, 0) is 4.79 Å². The van der Waals surface area contributed by atoms with E-state index in [1.54, 1.807) is 39.1 Å². The Bertz CT molecular complexity index is 457. The molecule has 2 atom stereocenters. The van der Waals surface area contributed by atoms with Crippen LogP contribution in [0.4, 0.5) is 5.69 Å². The van der Waals surface area contributed by atoms with E-state index in [4.69, 9.17) is 10.8 Å². The van der Waals surface area contributed by atoms with Crippen molar-refractivity contribution in [3.05, 3.63) is 29.8 Å². The van der Waals surface area contributed by atoms with Crippen LogP contribution in [0.25, 0.3) is 0 Å². The van der Waals surface area contributed by atoms with Crippen molar-refractivity contribution in [2.45, 2.75) is 19.9 Å². The van der Waals surface area contributed by atoms with Crippen molar-refractivity contribution < 1.29 is 14.7 Å². The highest BCUT2D eigenvalue weighted by Gasteiger charge is 2.24. The number of nitrogens with two attached hydrogens (primary N) is 1. The van der Waals surface area contributed by atoms with Gasteiger partial charge in [0.05, 0.1) is 17.2 Å². The monoisotopic (exact) mass is 250 g/mol. The molecule has 0 bridgehead atoms. The number of aromatic carboxylic acids is 1. The first-order chi connectivity index (χ1) is 8.36. The zero-order chi connectivity index (χ0) is 13.9. The van der Waals surface area contributed by atoms with E-state index in [2.05, 4.69) is 0 Å². The zero-order valence-corrected chi connectivity index (χ0v) is 10.8. The van der Waals surface area contributed by atoms with Gasteiger partial charge in [-0.15, -0.1) is 0 Å². The Morgan fingerprint density at radius 3 is 2.33 bits per heavy atom. The van der Waals surface area contributed by atoms with E-state index >= 15 is 0 Å². The first kappa shape index (κ1) is 14.2. The lowest BCUT2D eigenvalue weighted by Crippen LogP contribution is -2.40. The molecule has 0 aliphatic heterocycles. The summed E-state index contributed by atoms with van der Waals surface area (Å²) in [6.07, 6.45) is 0. The number of carboxylic acid groups (broad SMARTS) is 1. The first-order valence-corrected chi connectivity index (χ1v) is 5.71. The van der Waals surface area contributed by atoms with Gasteiger partial charge in [0.25, 0.3) is 0 Å². The van der Waals surface area contributed by atoms with Gasteiger partial charge >= 0.3 is 5.97 Å². The molecule has 0 saturated heterocycles. The first-order valence-electron chi connectivity index (χ1n) is 5.71. The maximum absolute atomic E-state index is 12.1. The van der Waals surface area contributed by atoms with Gasteiger partial charge in [0.1, 0.15) is 0 Å². The molecule has 2 unspecified atom stereocenters. The molecule has 98 valence electrons. The molecule has 0 spiro atoms. The molecular weight excluding hydrogens is 232 g/mol. The summed E-state index contributed by atoms with van der Waals surface area (Å²) in [5.74, 6) is -1.62. The van der Waals surface area contributed by atoms with Gasteiger partial charge in [-0.2, -0.15) is 0 Å². The number of para-hydroxylation sites is 1. The van der Waals surface area contributed by atoms with Crippen molar-refractivity contribution in [1.82, 2.24) is 0 Å². The molecule has 5 nitrogen and oxygen atoms in total. The lowest BCUT2D eigenvalue weighted by molar-refractivity contribution is -0.122. The van der Waals surface area contributed by atoms with E-state index < -0.39 is 5.97 Å². The quantitative estimate of drug-likeness (QED) is 0.844. The second-order valence-corrected chi connectivity index (χ2v) is 4.37. The summed E-state index contributed by atoms with van der Waals surface area (Å²) in [6.45, 7) is 3.48. The maximum atomic E-state index is 12.1. The Balaban J connectivity index is 3.07. The minimum Gasteiger partial charge on any atom is -0.478 e. The average Bonchev–Trinajstić information content (AvgIpc) is 2.35. The van der Waals surface area contributed by atoms with Crippen molar-refractivity contribution in [2.75, 3.05) is 11.9 Å². The van der Waals surface area contributed by atoms with Gasteiger partial charge in [0, 0.05) is 13.1 Å². The van der Waals surface area contributed by atoms with Gasteiger partial charge in [0.15, 0.2) is 0 Å². The third-order valence-corrected chi connectivity index (χ3v) is 3.00. The van der Waals surface area contributed by atoms with Crippen LogP contribution in [0.3, 0.4) is 0 Å². The fourth-order valence-corrected chi connectivity index (χ4v) is 1.60. The van der Waals surface area contributed by atoms with Crippen LogP contribution in [0, 0.1) is 5.92 Å². The van der Waals surface area contributed by atoms with Crippen molar-refractivity contribution >= 4 is 17.6 Å². The third-order valence-electron chi connectivity index (χ3n) is 3.00. The molecule has 5 heteroatoms. The lowest BCUT2D eigenvalue weighted by atomic mass is 10.0. The normalized spacial score (nSPS) is 13.8. The van der Waals surface area contributed by atoms with Crippen LogP contribution in [0.15, 0.2) is 24.3 Å². The van der Waals surface area contributed by atoms with Crippen LogP contribution >= 0.6 is 0 Å². The summed E-state index contributed by atoms with van der Waals surface area (Å²) < 4.78 is 0. The number of carbonyl (C=O) groups is 2. The van der Waals surface area contributed by atoms with Crippen molar-refractivity contribution in [2.24, 2.45) is 11.7 Å². The molecular formula is C13H18N2O3. The van der Waals surface area contributed by atoms with Gasteiger partial charge in [-0.1, -0.05) is 19.1 Å². The number of carbonyl (C=O) groups excluding carboxylic acids is 1. The lowest BCUT2D eigenvalue weighted by Gasteiger charge is -2.24. The molecule has 1 amide bonds. The third kappa shape index (κ3) is 2.87. The van der Waals surface area contributed by atoms with Crippen LogP contribution in [0.5, 0.6) is 0 Å². The van der Waals surface area contributed by atoms with Crippen molar-refractivity contribution in [3.63, 3.8) is 0 Å². The van der Waals surface area contributed by atoms with E-state index in [0.717, 1.165) is 0 Å². The Morgan fingerprint density at radius 1 is 1.28 bits per heavy atom. The second-order valence-electron chi connectivity index (χ2n) is 4.37.